The second-order valence-corrected chi connectivity index (χ2v) is 6.29. The molecule has 0 amide bonds. The lowest BCUT2D eigenvalue weighted by molar-refractivity contribution is 0.168. The van der Waals surface area contributed by atoms with Crippen molar-refractivity contribution in [3.8, 4) is 0 Å². The van der Waals surface area contributed by atoms with Crippen molar-refractivity contribution in [1.29, 1.82) is 0 Å². The van der Waals surface area contributed by atoms with E-state index < -0.39 is 0 Å². The first-order valence-corrected chi connectivity index (χ1v) is 7.77. The molecule has 2 rings (SSSR count). The molecular weight excluding hydrogens is 251 g/mol. The van der Waals surface area contributed by atoms with Crippen molar-refractivity contribution in [1.82, 2.24) is 10.2 Å². The highest BCUT2D eigenvalue weighted by Crippen LogP contribution is 2.38. The Morgan fingerprint density at radius 2 is 2.05 bits per heavy atom. The van der Waals surface area contributed by atoms with Crippen LogP contribution in [0.4, 0.5) is 4.39 Å². The van der Waals surface area contributed by atoms with Crippen LogP contribution in [0.2, 0.25) is 0 Å². The summed E-state index contributed by atoms with van der Waals surface area (Å²) in [6.07, 6.45) is 5.32. The molecule has 20 heavy (non-hydrogen) atoms. The fourth-order valence-electron chi connectivity index (χ4n) is 3.48. The largest absolute Gasteiger partial charge is 0.316 e. The summed E-state index contributed by atoms with van der Waals surface area (Å²) in [5.74, 6) is -0.140. The van der Waals surface area contributed by atoms with Crippen LogP contribution in [-0.4, -0.2) is 31.6 Å². The predicted octanol–water partition coefficient (Wildman–Crippen LogP) is 3.43. The van der Waals surface area contributed by atoms with Crippen molar-refractivity contribution >= 4 is 0 Å². The van der Waals surface area contributed by atoms with Crippen LogP contribution in [0, 0.1) is 11.2 Å². The molecule has 0 bridgehead atoms. The predicted molar refractivity (Wildman–Crippen MR) is 82.2 cm³/mol. The first-order chi connectivity index (χ1) is 9.63. The van der Waals surface area contributed by atoms with Gasteiger partial charge in [-0.2, -0.15) is 0 Å². The third-order valence-electron chi connectivity index (χ3n) is 4.36. The standard InChI is InChI=1S/C17H27FN2/c1-3-19-13-17(9-4-5-10-17)14-20(2)12-15-7-6-8-16(18)11-15/h6-8,11,19H,3-5,9-10,12-14H2,1-2H3. The minimum absolute atomic E-state index is 0.140. The number of halogens is 1. The van der Waals surface area contributed by atoms with Gasteiger partial charge >= 0.3 is 0 Å². The average molecular weight is 278 g/mol. The zero-order valence-electron chi connectivity index (χ0n) is 12.8. The molecule has 1 fully saturated rings. The van der Waals surface area contributed by atoms with E-state index in [4.69, 9.17) is 0 Å². The van der Waals surface area contributed by atoms with Gasteiger partial charge in [-0.05, 0) is 49.5 Å². The summed E-state index contributed by atoms with van der Waals surface area (Å²) in [6, 6.07) is 6.95. The summed E-state index contributed by atoms with van der Waals surface area (Å²) < 4.78 is 13.2. The van der Waals surface area contributed by atoms with E-state index in [1.54, 1.807) is 12.1 Å². The quantitative estimate of drug-likeness (QED) is 0.822. The Hall–Kier alpha value is -0.930. The van der Waals surface area contributed by atoms with Gasteiger partial charge in [0.25, 0.3) is 0 Å². The highest BCUT2D eigenvalue weighted by atomic mass is 19.1. The fraction of sp³-hybridized carbons (Fsp3) is 0.647. The molecule has 0 unspecified atom stereocenters. The fourth-order valence-corrected chi connectivity index (χ4v) is 3.48. The lowest BCUT2D eigenvalue weighted by atomic mass is 9.85. The van der Waals surface area contributed by atoms with Gasteiger partial charge in [0.15, 0.2) is 0 Å². The van der Waals surface area contributed by atoms with Gasteiger partial charge < -0.3 is 10.2 Å². The van der Waals surface area contributed by atoms with Gasteiger partial charge in [-0.25, -0.2) is 4.39 Å². The first kappa shape index (κ1) is 15.5. The Kier molecular flexibility index (Phi) is 5.55. The van der Waals surface area contributed by atoms with Gasteiger partial charge in [-0.3, -0.25) is 0 Å². The van der Waals surface area contributed by atoms with Gasteiger partial charge in [0.2, 0.25) is 0 Å². The van der Waals surface area contributed by atoms with Crippen LogP contribution in [0.3, 0.4) is 0 Å². The summed E-state index contributed by atoms with van der Waals surface area (Å²) in [7, 11) is 2.15. The molecule has 0 atom stereocenters. The number of nitrogens with one attached hydrogen (secondary N) is 1. The maximum Gasteiger partial charge on any atom is 0.123 e. The summed E-state index contributed by atoms with van der Waals surface area (Å²) in [5.41, 5.74) is 1.47. The molecule has 0 heterocycles. The Bertz CT molecular complexity index is 413. The van der Waals surface area contributed by atoms with Crippen LogP contribution in [0.15, 0.2) is 24.3 Å². The molecule has 1 aliphatic carbocycles. The molecule has 1 N–H and O–H groups in total. The zero-order valence-corrected chi connectivity index (χ0v) is 12.8. The smallest absolute Gasteiger partial charge is 0.123 e. The molecule has 0 saturated heterocycles. The lowest BCUT2D eigenvalue weighted by Crippen LogP contribution is -2.41. The van der Waals surface area contributed by atoms with Crippen LogP contribution in [-0.2, 0) is 6.54 Å². The molecule has 2 nitrogen and oxygen atoms in total. The number of nitrogens with zero attached hydrogens (tertiary/aromatic N) is 1. The van der Waals surface area contributed by atoms with E-state index in [0.29, 0.717) is 5.41 Å². The van der Waals surface area contributed by atoms with Crippen molar-refractivity contribution in [2.24, 2.45) is 5.41 Å². The van der Waals surface area contributed by atoms with E-state index in [1.807, 2.05) is 6.07 Å². The molecule has 0 radical (unpaired) electrons. The molecule has 1 aromatic carbocycles. The molecular formula is C17H27FN2. The first-order valence-electron chi connectivity index (χ1n) is 7.77. The topological polar surface area (TPSA) is 15.3 Å². The van der Waals surface area contributed by atoms with Gasteiger partial charge in [-0.15, -0.1) is 0 Å². The Balaban J connectivity index is 1.93. The van der Waals surface area contributed by atoms with Crippen LogP contribution in [0.5, 0.6) is 0 Å². The normalized spacial score (nSPS) is 17.8. The third kappa shape index (κ3) is 4.29. The van der Waals surface area contributed by atoms with E-state index >= 15 is 0 Å². The molecule has 0 spiro atoms. The summed E-state index contributed by atoms with van der Waals surface area (Å²) in [5, 5.41) is 3.52. The van der Waals surface area contributed by atoms with Crippen LogP contribution in [0.1, 0.15) is 38.2 Å². The molecule has 0 aromatic heterocycles. The summed E-state index contributed by atoms with van der Waals surface area (Å²) in [6.45, 7) is 6.23. The SMILES string of the molecule is CCNCC1(CN(C)Cc2cccc(F)c2)CCCC1. The molecule has 1 aromatic rings. The van der Waals surface area contributed by atoms with Gasteiger partial charge in [0.1, 0.15) is 5.82 Å². The maximum absolute atomic E-state index is 13.2. The zero-order chi connectivity index (χ0) is 14.4. The summed E-state index contributed by atoms with van der Waals surface area (Å²) in [4.78, 5) is 2.34. The second kappa shape index (κ2) is 7.19. The van der Waals surface area contributed by atoms with Gasteiger partial charge in [0, 0.05) is 19.6 Å². The van der Waals surface area contributed by atoms with Crippen molar-refractivity contribution < 1.29 is 4.39 Å². The van der Waals surface area contributed by atoms with E-state index in [0.717, 1.165) is 31.7 Å². The Morgan fingerprint density at radius 1 is 1.30 bits per heavy atom. The maximum atomic E-state index is 13.2. The van der Waals surface area contributed by atoms with Crippen LogP contribution in [0.25, 0.3) is 0 Å². The number of benzene rings is 1. The highest BCUT2D eigenvalue weighted by molar-refractivity contribution is 5.16. The van der Waals surface area contributed by atoms with E-state index in [1.165, 1.54) is 31.7 Å². The highest BCUT2D eigenvalue weighted by Gasteiger charge is 2.34. The van der Waals surface area contributed by atoms with Gasteiger partial charge in [-0.1, -0.05) is 31.9 Å². The van der Waals surface area contributed by atoms with E-state index in [-0.39, 0.29) is 5.82 Å². The molecule has 1 saturated carbocycles. The second-order valence-electron chi connectivity index (χ2n) is 6.29. The third-order valence-corrected chi connectivity index (χ3v) is 4.36. The molecule has 112 valence electrons. The average Bonchev–Trinajstić information content (AvgIpc) is 2.85. The van der Waals surface area contributed by atoms with Gasteiger partial charge in [0.05, 0.1) is 0 Å². The number of hydrogen-bond acceptors (Lipinski definition) is 2. The monoisotopic (exact) mass is 278 g/mol. The number of hydrogen-bond donors (Lipinski definition) is 1. The Morgan fingerprint density at radius 3 is 2.70 bits per heavy atom. The molecule has 3 heteroatoms. The van der Waals surface area contributed by atoms with Crippen molar-refractivity contribution in [3.63, 3.8) is 0 Å². The van der Waals surface area contributed by atoms with Crippen LogP contribution < -0.4 is 5.32 Å². The number of rotatable bonds is 7. The van der Waals surface area contributed by atoms with E-state index in [2.05, 4.69) is 24.2 Å². The van der Waals surface area contributed by atoms with E-state index in [9.17, 15) is 4.39 Å². The minimum Gasteiger partial charge on any atom is -0.316 e. The van der Waals surface area contributed by atoms with Crippen LogP contribution >= 0.6 is 0 Å². The summed E-state index contributed by atoms with van der Waals surface area (Å²) >= 11 is 0. The van der Waals surface area contributed by atoms with Crippen molar-refractivity contribution in [2.75, 3.05) is 26.7 Å². The molecule has 0 aliphatic heterocycles. The Labute approximate surface area is 122 Å². The molecule has 1 aliphatic rings. The van der Waals surface area contributed by atoms with Crippen molar-refractivity contribution in [3.05, 3.63) is 35.6 Å². The lowest BCUT2D eigenvalue weighted by Gasteiger charge is -2.34. The van der Waals surface area contributed by atoms with Crippen molar-refractivity contribution in [2.45, 2.75) is 39.2 Å². The minimum atomic E-state index is -0.140.